The van der Waals surface area contributed by atoms with Crippen LogP contribution in [0.15, 0.2) is 12.4 Å². The number of hydrogen-bond donors (Lipinski definition) is 1. The summed E-state index contributed by atoms with van der Waals surface area (Å²) in [6, 6.07) is 0. The number of nitrogen functional groups attached to an aromatic ring is 1. The summed E-state index contributed by atoms with van der Waals surface area (Å²) >= 11 is 0. The van der Waals surface area contributed by atoms with Gasteiger partial charge in [0.05, 0.1) is 24.0 Å². The Bertz CT molecular complexity index is 372. The maximum atomic E-state index is 11.7. The fourth-order valence-corrected chi connectivity index (χ4v) is 2.04. The van der Waals surface area contributed by atoms with Gasteiger partial charge in [0, 0.05) is 0 Å². The number of nitrogens with zero attached hydrogens (tertiary/aromatic N) is 2. The molecule has 1 aliphatic rings. The molecule has 0 spiro atoms. The van der Waals surface area contributed by atoms with Crippen molar-refractivity contribution < 1.29 is 9.53 Å². The van der Waals surface area contributed by atoms with Crippen molar-refractivity contribution in [3.8, 4) is 0 Å². The number of ether oxygens (including phenoxy) is 1. The maximum absolute atomic E-state index is 11.7. The van der Waals surface area contributed by atoms with Crippen LogP contribution in [0.5, 0.6) is 0 Å². The summed E-state index contributed by atoms with van der Waals surface area (Å²) in [5.41, 5.74) is 6.05. The lowest BCUT2D eigenvalue weighted by Gasteiger charge is -2.19. The number of anilines is 1. The highest BCUT2D eigenvalue weighted by molar-refractivity contribution is 5.72. The van der Waals surface area contributed by atoms with Gasteiger partial charge < -0.3 is 10.5 Å². The van der Waals surface area contributed by atoms with E-state index >= 15 is 0 Å². The molecular formula is C12H17N3O2. The fourth-order valence-electron chi connectivity index (χ4n) is 2.04. The molecule has 1 aromatic rings. The van der Waals surface area contributed by atoms with E-state index in [1.54, 1.807) is 0 Å². The molecule has 2 rings (SSSR count). The smallest absolute Gasteiger partial charge is 0.309 e. The Hall–Kier alpha value is -1.65. The fraction of sp³-hybridized carbons (Fsp3) is 0.583. The van der Waals surface area contributed by atoms with E-state index < -0.39 is 0 Å². The first kappa shape index (κ1) is 11.8. The van der Waals surface area contributed by atoms with E-state index in [4.69, 9.17) is 10.5 Å². The van der Waals surface area contributed by atoms with Gasteiger partial charge in [-0.1, -0.05) is 19.3 Å². The lowest BCUT2D eigenvalue weighted by atomic mass is 9.89. The van der Waals surface area contributed by atoms with Crippen LogP contribution in [-0.4, -0.2) is 15.9 Å². The molecule has 0 radical (unpaired) electrons. The normalized spacial score (nSPS) is 16.7. The third-order valence-electron chi connectivity index (χ3n) is 3.03. The molecule has 0 bridgehead atoms. The molecule has 92 valence electrons. The van der Waals surface area contributed by atoms with E-state index in [1.165, 1.54) is 18.8 Å². The molecule has 0 amide bonds. The zero-order valence-electron chi connectivity index (χ0n) is 9.76. The topological polar surface area (TPSA) is 78.1 Å². The Morgan fingerprint density at radius 2 is 2.06 bits per heavy atom. The summed E-state index contributed by atoms with van der Waals surface area (Å²) in [5, 5.41) is 0. The molecule has 0 atom stereocenters. The molecule has 1 aromatic heterocycles. The summed E-state index contributed by atoms with van der Waals surface area (Å²) in [6.45, 7) is 0.183. The second-order valence-electron chi connectivity index (χ2n) is 4.38. The van der Waals surface area contributed by atoms with E-state index in [0.29, 0.717) is 11.5 Å². The summed E-state index contributed by atoms with van der Waals surface area (Å²) < 4.78 is 5.23. The molecule has 0 unspecified atom stereocenters. The Morgan fingerprint density at radius 1 is 1.29 bits per heavy atom. The first-order valence-corrected chi connectivity index (χ1v) is 5.99. The second kappa shape index (κ2) is 5.61. The molecule has 5 nitrogen and oxygen atoms in total. The molecule has 1 fully saturated rings. The van der Waals surface area contributed by atoms with Crippen molar-refractivity contribution in [2.24, 2.45) is 5.92 Å². The third-order valence-corrected chi connectivity index (χ3v) is 3.03. The van der Waals surface area contributed by atoms with Crippen LogP contribution in [0.3, 0.4) is 0 Å². The summed E-state index contributed by atoms with van der Waals surface area (Å²) in [7, 11) is 0. The van der Waals surface area contributed by atoms with Crippen LogP contribution >= 0.6 is 0 Å². The number of aromatic nitrogens is 2. The van der Waals surface area contributed by atoms with E-state index in [9.17, 15) is 4.79 Å². The van der Waals surface area contributed by atoms with Crippen molar-refractivity contribution in [1.29, 1.82) is 0 Å². The molecule has 17 heavy (non-hydrogen) atoms. The molecule has 1 aliphatic carbocycles. The lowest BCUT2D eigenvalue weighted by molar-refractivity contribution is -0.151. The maximum Gasteiger partial charge on any atom is 0.309 e. The number of nitrogens with two attached hydrogens (primary N) is 1. The van der Waals surface area contributed by atoms with Gasteiger partial charge in [-0.25, -0.2) is 4.98 Å². The van der Waals surface area contributed by atoms with Crippen molar-refractivity contribution in [1.82, 2.24) is 9.97 Å². The Kier molecular flexibility index (Phi) is 3.90. The van der Waals surface area contributed by atoms with Crippen LogP contribution in [0, 0.1) is 5.92 Å². The Morgan fingerprint density at radius 3 is 2.71 bits per heavy atom. The minimum atomic E-state index is -0.108. The van der Waals surface area contributed by atoms with Gasteiger partial charge >= 0.3 is 5.97 Å². The van der Waals surface area contributed by atoms with Crippen LogP contribution in [0.4, 0.5) is 5.82 Å². The van der Waals surface area contributed by atoms with Gasteiger partial charge in [0.2, 0.25) is 0 Å². The van der Waals surface area contributed by atoms with Crippen LogP contribution in [0.25, 0.3) is 0 Å². The summed E-state index contributed by atoms with van der Waals surface area (Å²) in [5.74, 6) is 0.334. The highest BCUT2D eigenvalue weighted by Gasteiger charge is 2.22. The molecule has 0 aliphatic heterocycles. The highest BCUT2D eigenvalue weighted by Crippen LogP contribution is 2.24. The van der Waals surface area contributed by atoms with Gasteiger partial charge in [-0.05, 0) is 12.8 Å². The second-order valence-corrected chi connectivity index (χ2v) is 4.38. The SMILES string of the molecule is Nc1cnc(COC(=O)C2CCCCC2)cn1. The van der Waals surface area contributed by atoms with Crippen molar-refractivity contribution in [3.63, 3.8) is 0 Å². The molecule has 0 aromatic carbocycles. The van der Waals surface area contributed by atoms with Crippen molar-refractivity contribution in [2.75, 3.05) is 5.73 Å². The largest absolute Gasteiger partial charge is 0.459 e. The van der Waals surface area contributed by atoms with Crippen molar-refractivity contribution in [3.05, 3.63) is 18.1 Å². The average molecular weight is 235 g/mol. The predicted octanol–water partition coefficient (Wildman–Crippen LogP) is 1.68. The van der Waals surface area contributed by atoms with Gasteiger partial charge in [0.1, 0.15) is 12.4 Å². The minimum absolute atomic E-state index is 0.0745. The monoisotopic (exact) mass is 235 g/mol. The van der Waals surface area contributed by atoms with E-state index in [1.807, 2.05) is 0 Å². The van der Waals surface area contributed by atoms with Gasteiger partial charge in [-0.3, -0.25) is 9.78 Å². The average Bonchev–Trinajstić information content (AvgIpc) is 2.39. The first-order chi connectivity index (χ1) is 8.25. The van der Waals surface area contributed by atoms with Crippen LogP contribution in [0.1, 0.15) is 37.8 Å². The number of carbonyl (C=O) groups excluding carboxylic acids is 1. The Labute approximate surface area is 100 Å². The number of esters is 1. The minimum Gasteiger partial charge on any atom is -0.459 e. The highest BCUT2D eigenvalue weighted by atomic mass is 16.5. The van der Waals surface area contributed by atoms with Crippen molar-refractivity contribution in [2.45, 2.75) is 38.7 Å². The zero-order chi connectivity index (χ0) is 12.1. The first-order valence-electron chi connectivity index (χ1n) is 5.99. The molecule has 1 heterocycles. The van der Waals surface area contributed by atoms with E-state index in [2.05, 4.69) is 9.97 Å². The lowest BCUT2D eigenvalue weighted by Crippen LogP contribution is -2.20. The zero-order valence-corrected chi connectivity index (χ0v) is 9.76. The van der Waals surface area contributed by atoms with Gasteiger partial charge in [0.15, 0.2) is 0 Å². The predicted molar refractivity (Wildman–Crippen MR) is 62.8 cm³/mol. The van der Waals surface area contributed by atoms with Crippen LogP contribution in [0.2, 0.25) is 0 Å². The molecule has 1 saturated carbocycles. The van der Waals surface area contributed by atoms with Crippen LogP contribution < -0.4 is 5.73 Å². The third kappa shape index (κ3) is 3.41. The van der Waals surface area contributed by atoms with Crippen LogP contribution in [-0.2, 0) is 16.1 Å². The van der Waals surface area contributed by atoms with E-state index in [0.717, 1.165) is 25.7 Å². The summed E-state index contributed by atoms with van der Waals surface area (Å²) in [6.07, 6.45) is 8.38. The molecule has 0 saturated heterocycles. The number of hydrogen-bond acceptors (Lipinski definition) is 5. The standard InChI is InChI=1S/C12H17N3O2/c13-11-7-14-10(6-15-11)8-17-12(16)9-4-2-1-3-5-9/h6-7,9H,1-5,8H2,(H2,13,15). The Balaban J connectivity index is 1.81. The molecule has 2 N–H and O–H groups in total. The van der Waals surface area contributed by atoms with E-state index in [-0.39, 0.29) is 18.5 Å². The molecule has 5 heteroatoms. The number of rotatable bonds is 3. The quantitative estimate of drug-likeness (QED) is 0.806. The van der Waals surface area contributed by atoms with Gasteiger partial charge in [-0.15, -0.1) is 0 Å². The number of carbonyl (C=O) groups is 1. The summed E-state index contributed by atoms with van der Waals surface area (Å²) in [4.78, 5) is 19.7. The molecular weight excluding hydrogens is 218 g/mol. The van der Waals surface area contributed by atoms with Gasteiger partial charge in [0.25, 0.3) is 0 Å². The van der Waals surface area contributed by atoms with Crippen molar-refractivity contribution >= 4 is 11.8 Å². The van der Waals surface area contributed by atoms with Gasteiger partial charge in [-0.2, -0.15) is 0 Å².